The van der Waals surface area contributed by atoms with Crippen molar-refractivity contribution >= 4 is 0 Å². The zero-order valence-electron chi connectivity index (χ0n) is 12.2. The summed E-state index contributed by atoms with van der Waals surface area (Å²) >= 11 is 0. The van der Waals surface area contributed by atoms with E-state index >= 15 is 0 Å². The summed E-state index contributed by atoms with van der Waals surface area (Å²) in [6.07, 6.45) is 0.980. The number of ether oxygens (including phenoxy) is 1. The maximum atomic E-state index is 13.2. The summed E-state index contributed by atoms with van der Waals surface area (Å²) in [6, 6.07) is 5.39. The predicted octanol–water partition coefficient (Wildman–Crippen LogP) is 2.06. The first-order valence-electron chi connectivity index (χ1n) is 7.53. The summed E-state index contributed by atoms with van der Waals surface area (Å²) in [5.74, 6) is 1.31. The van der Waals surface area contributed by atoms with Gasteiger partial charge in [0, 0.05) is 44.2 Å². The molecule has 0 amide bonds. The number of piperazine rings is 1. The largest absolute Gasteiger partial charge is 0.488 e. The number of hydrogen-bond acceptors (Lipinski definition) is 3. The molecule has 1 aromatic carbocycles. The lowest BCUT2D eigenvalue weighted by atomic mass is 9.99. The highest BCUT2D eigenvalue weighted by atomic mass is 19.1. The number of halogens is 1. The number of hydrogen-bond donors (Lipinski definition) is 1. The Labute approximate surface area is 120 Å². The van der Waals surface area contributed by atoms with E-state index in [1.807, 2.05) is 0 Å². The minimum Gasteiger partial charge on any atom is -0.488 e. The van der Waals surface area contributed by atoms with Gasteiger partial charge in [0.15, 0.2) is 0 Å². The van der Waals surface area contributed by atoms with Gasteiger partial charge in [-0.3, -0.25) is 4.90 Å². The Hall–Kier alpha value is -1.13. The van der Waals surface area contributed by atoms with Crippen LogP contribution in [0.4, 0.5) is 4.39 Å². The molecule has 0 radical (unpaired) electrons. The average molecular weight is 278 g/mol. The number of nitrogens with one attached hydrogen (secondary N) is 1. The smallest absolute Gasteiger partial charge is 0.123 e. The Balaban J connectivity index is 1.64. The van der Waals surface area contributed by atoms with Gasteiger partial charge in [-0.1, -0.05) is 13.8 Å². The molecule has 3 rings (SSSR count). The van der Waals surface area contributed by atoms with E-state index in [4.69, 9.17) is 4.74 Å². The van der Waals surface area contributed by atoms with Gasteiger partial charge in [0.25, 0.3) is 0 Å². The van der Waals surface area contributed by atoms with E-state index in [1.54, 1.807) is 12.1 Å². The van der Waals surface area contributed by atoms with Crippen LogP contribution in [0.2, 0.25) is 0 Å². The second-order valence-electron chi connectivity index (χ2n) is 6.21. The zero-order chi connectivity index (χ0) is 14.1. The Morgan fingerprint density at radius 1 is 1.45 bits per heavy atom. The molecule has 20 heavy (non-hydrogen) atoms. The topological polar surface area (TPSA) is 24.5 Å². The molecule has 2 atom stereocenters. The summed E-state index contributed by atoms with van der Waals surface area (Å²) < 4.78 is 19.2. The molecule has 0 spiro atoms. The molecule has 2 aliphatic rings. The maximum Gasteiger partial charge on any atom is 0.123 e. The third-order valence-electron chi connectivity index (χ3n) is 4.37. The highest BCUT2D eigenvalue weighted by molar-refractivity contribution is 5.37. The molecule has 0 saturated carbocycles. The first kappa shape index (κ1) is 13.8. The van der Waals surface area contributed by atoms with Crippen LogP contribution in [0.15, 0.2) is 18.2 Å². The van der Waals surface area contributed by atoms with Crippen LogP contribution in [0.25, 0.3) is 0 Å². The van der Waals surface area contributed by atoms with Crippen molar-refractivity contribution in [3.8, 4) is 5.75 Å². The summed E-state index contributed by atoms with van der Waals surface area (Å²) in [6.45, 7) is 8.62. The molecule has 2 heterocycles. The van der Waals surface area contributed by atoms with Crippen molar-refractivity contribution in [2.45, 2.75) is 32.4 Å². The number of fused-ring (bicyclic) bond motifs is 1. The van der Waals surface area contributed by atoms with Crippen molar-refractivity contribution in [2.75, 3.05) is 26.2 Å². The van der Waals surface area contributed by atoms with Crippen LogP contribution < -0.4 is 10.1 Å². The van der Waals surface area contributed by atoms with Gasteiger partial charge in [-0.2, -0.15) is 0 Å². The van der Waals surface area contributed by atoms with Gasteiger partial charge in [-0.25, -0.2) is 4.39 Å². The van der Waals surface area contributed by atoms with E-state index < -0.39 is 0 Å². The van der Waals surface area contributed by atoms with Crippen LogP contribution in [0.1, 0.15) is 19.4 Å². The van der Waals surface area contributed by atoms with Gasteiger partial charge in [-0.15, -0.1) is 0 Å². The lowest BCUT2D eigenvalue weighted by Crippen LogP contribution is -2.55. The van der Waals surface area contributed by atoms with E-state index in [-0.39, 0.29) is 11.9 Å². The van der Waals surface area contributed by atoms with E-state index in [9.17, 15) is 4.39 Å². The predicted molar refractivity (Wildman–Crippen MR) is 77.6 cm³/mol. The van der Waals surface area contributed by atoms with Gasteiger partial charge in [0.1, 0.15) is 17.7 Å². The van der Waals surface area contributed by atoms with E-state index in [1.165, 1.54) is 6.07 Å². The van der Waals surface area contributed by atoms with Crippen LogP contribution in [-0.4, -0.2) is 43.2 Å². The molecule has 1 N–H and O–H groups in total. The highest BCUT2D eigenvalue weighted by Gasteiger charge is 2.30. The maximum absolute atomic E-state index is 13.2. The fraction of sp³-hybridized carbons (Fsp3) is 0.625. The summed E-state index contributed by atoms with van der Waals surface area (Å²) in [5, 5.41) is 3.46. The van der Waals surface area contributed by atoms with Crippen LogP contribution in [0.3, 0.4) is 0 Å². The fourth-order valence-corrected chi connectivity index (χ4v) is 3.30. The Bertz CT molecular complexity index is 478. The van der Waals surface area contributed by atoms with Gasteiger partial charge in [0.2, 0.25) is 0 Å². The molecule has 2 aliphatic heterocycles. The first-order valence-corrected chi connectivity index (χ1v) is 7.53. The Kier molecular flexibility index (Phi) is 3.94. The molecule has 0 bridgehead atoms. The fourth-order valence-electron chi connectivity index (χ4n) is 3.30. The number of rotatable bonds is 3. The normalized spacial score (nSPS) is 26.6. The molecule has 1 saturated heterocycles. The Morgan fingerprint density at radius 3 is 3.10 bits per heavy atom. The summed E-state index contributed by atoms with van der Waals surface area (Å²) in [4.78, 5) is 2.52. The number of benzene rings is 1. The second-order valence-corrected chi connectivity index (χ2v) is 6.21. The number of nitrogens with zero attached hydrogens (tertiary/aromatic N) is 1. The third-order valence-corrected chi connectivity index (χ3v) is 4.37. The van der Waals surface area contributed by atoms with E-state index in [0.717, 1.165) is 43.9 Å². The molecular weight excluding hydrogens is 255 g/mol. The van der Waals surface area contributed by atoms with E-state index in [0.29, 0.717) is 12.0 Å². The molecule has 110 valence electrons. The average Bonchev–Trinajstić information content (AvgIpc) is 2.80. The van der Waals surface area contributed by atoms with Gasteiger partial charge in [-0.05, 0) is 24.1 Å². The van der Waals surface area contributed by atoms with Gasteiger partial charge < -0.3 is 10.1 Å². The van der Waals surface area contributed by atoms with Crippen LogP contribution >= 0.6 is 0 Å². The molecule has 0 aliphatic carbocycles. The van der Waals surface area contributed by atoms with Gasteiger partial charge >= 0.3 is 0 Å². The quantitative estimate of drug-likeness (QED) is 0.916. The summed E-state index contributed by atoms with van der Waals surface area (Å²) in [7, 11) is 0. The van der Waals surface area contributed by atoms with Crippen molar-refractivity contribution in [1.82, 2.24) is 10.2 Å². The molecule has 4 heteroatoms. The van der Waals surface area contributed by atoms with Crippen LogP contribution in [0, 0.1) is 11.7 Å². The van der Waals surface area contributed by atoms with Crippen molar-refractivity contribution < 1.29 is 9.13 Å². The SMILES string of the molecule is CC(C)C1CNCCN1CC1Cc2cc(F)ccc2O1. The zero-order valence-corrected chi connectivity index (χ0v) is 12.2. The van der Waals surface area contributed by atoms with E-state index in [2.05, 4.69) is 24.1 Å². The summed E-state index contributed by atoms with van der Waals surface area (Å²) in [5.41, 5.74) is 1.01. The minimum atomic E-state index is -0.171. The van der Waals surface area contributed by atoms with Crippen LogP contribution in [0.5, 0.6) is 5.75 Å². The monoisotopic (exact) mass is 278 g/mol. The van der Waals surface area contributed by atoms with Crippen molar-refractivity contribution in [1.29, 1.82) is 0 Å². The molecule has 2 unspecified atom stereocenters. The third kappa shape index (κ3) is 2.81. The van der Waals surface area contributed by atoms with Crippen LogP contribution in [-0.2, 0) is 6.42 Å². The van der Waals surface area contributed by atoms with Crippen molar-refractivity contribution in [3.63, 3.8) is 0 Å². The second kappa shape index (κ2) is 5.70. The standard InChI is InChI=1S/C16H23FN2O/c1-11(2)15-9-18-5-6-19(15)10-14-8-12-7-13(17)3-4-16(12)20-14/h3-4,7,11,14-15,18H,5-6,8-10H2,1-2H3. The lowest BCUT2D eigenvalue weighted by molar-refractivity contribution is 0.0769. The molecule has 0 aromatic heterocycles. The highest BCUT2D eigenvalue weighted by Crippen LogP contribution is 2.30. The first-order chi connectivity index (χ1) is 9.63. The molecule has 3 nitrogen and oxygen atoms in total. The van der Waals surface area contributed by atoms with Crippen molar-refractivity contribution in [2.24, 2.45) is 5.92 Å². The molecule has 1 aromatic rings. The van der Waals surface area contributed by atoms with Gasteiger partial charge in [0.05, 0.1) is 0 Å². The van der Waals surface area contributed by atoms with Crippen molar-refractivity contribution in [3.05, 3.63) is 29.6 Å². The molecule has 1 fully saturated rings. The minimum absolute atomic E-state index is 0.158. The molecular formula is C16H23FN2O. The lowest BCUT2D eigenvalue weighted by Gasteiger charge is -2.39. The Morgan fingerprint density at radius 2 is 2.30 bits per heavy atom.